The van der Waals surface area contributed by atoms with Crippen LogP contribution in [0, 0.1) is 0 Å². The second-order valence-corrected chi connectivity index (χ2v) is 11.7. The molecule has 0 aliphatic rings. The van der Waals surface area contributed by atoms with Crippen molar-refractivity contribution in [1.82, 2.24) is 0 Å². The summed E-state index contributed by atoms with van der Waals surface area (Å²) in [7, 11) is 0.0580. The van der Waals surface area contributed by atoms with Crippen LogP contribution in [0.25, 0.3) is 0 Å². The Morgan fingerprint density at radius 2 is 0.857 bits per heavy atom. The number of carboxylic acid groups (broad SMARTS) is 1. The molecule has 0 heterocycles. The minimum Gasteiger partial charge on any atom is -0.550 e. The number of rotatable bonds is 20. The van der Waals surface area contributed by atoms with Crippen LogP contribution in [-0.2, 0) is 4.79 Å². The number of carbonyl (C=O) groups excluding carboxylic acids is 1. The molecule has 0 amide bonds. The highest BCUT2D eigenvalue weighted by Crippen LogP contribution is 2.35. The molecule has 0 aliphatic carbocycles. The van der Waals surface area contributed by atoms with Crippen LogP contribution in [0.1, 0.15) is 137 Å². The summed E-state index contributed by atoms with van der Waals surface area (Å²) in [5, 5.41) is 9.26. The third kappa shape index (κ3) is 28.1. The first-order valence-electron chi connectivity index (χ1n) is 12.7. The Morgan fingerprint density at radius 1 is 0.571 bits per heavy atom. The lowest BCUT2D eigenvalue weighted by Crippen LogP contribution is -2.19. The Labute approximate surface area is 179 Å². The van der Waals surface area contributed by atoms with Crippen molar-refractivity contribution < 1.29 is 9.90 Å². The van der Waals surface area contributed by atoms with Gasteiger partial charge in [-0.2, -0.15) is 0 Å². The molecule has 0 atom stereocenters. The maximum absolute atomic E-state index is 9.26. The van der Waals surface area contributed by atoms with E-state index in [1.54, 1.807) is 6.16 Å². The first kappa shape index (κ1) is 30.1. The van der Waals surface area contributed by atoms with E-state index in [0.29, 0.717) is 0 Å². The average molecular weight is 417 g/mol. The van der Waals surface area contributed by atoms with Crippen LogP contribution < -0.4 is 5.11 Å². The molecule has 0 rings (SSSR count). The Balaban J connectivity index is 0. The lowest BCUT2D eigenvalue weighted by atomic mass is 10.0. The fourth-order valence-corrected chi connectivity index (χ4v) is 5.48. The molecular weight excluding hydrogens is 363 g/mol. The average Bonchev–Trinajstić information content (AvgIpc) is 2.71. The smallest absolute Gasteiger partial charge is 0.0571 e. The van der Waals surface area contributed by atoms with Gasteiger partial charge >= 0.3 is 0 Å². The molecule has 28 heavy (non-hydrogen) atoms. The fraction of sp³-hybridized carbons (Fsp3) is 0.960. The van der Waals surface area contributed by atoms with E-state index in [1.807, 2.05) is 0 Å². The van der Waals surface area contributed by atoms with Crippen molar-refractivity contribution in [3.05, 3.63) is 0 Å². The number of carbonyl (C=O) groups is 1. The molecular formula is C25H53O2P. The largest absolute Gasteiger partial charge is 0.550 e. The van der Waals surface area contributed by atoms with Crippen LogP contribution in [0.5, 0.6) is 0 Å². The predicted molar refractivity (Wildman–Crippen MR) is 129 cm³/mol. The molecule has 0 aliphatic heterocycles. The molecule has 0 aromatic carbocycles. The summed E-state index contributed by atoms with van der Waals surface area (Å²) in [6.07, 6.45) is 28.4. The summed E-state index contributed by atoms with van der Waals surface area (Å²) >= 11 is 0. The SMILES string of the molecule is CCC(=O)[O-].CCCCCCCCCCCCCCCCCC[PH+](CC)CC. The summed E-state index contributed by atoms with van der Waals surface area (Å²) in [6.45, 7) is 8.62. The van der Waals surface area contributed by atoms with E-state index in [9.17, 15) is 9.90 Å². The van der Waals surface area contributed by atoms with Crippen molar-refractivity contribution in [2.24, 2.45) is 0 Å². The minimum atomic E-state index is -0.995. The monoisotopic (exact) mass is 416 g/mol. The van der Waals surface area contributed by atoms with Crippen LogP contribution in [0.15, 0.2) is 0 Å². The third-order valence-corrected chi connectivity index (χ3v) is 8.73. The van der Waals surface area contributed by atoms with E-state index in [1.165, 1.54) is 122 Å². The molecule has 0 aromatic rings. The minimum absolute atomic E-state index is 0.0580. The predicted octanol–water partition coefficient (Wildman–Crippen LogP) is 7.65. The molecule has 0 saturated heterocycles. The van der Waals surface area contributed by atoms with Gasteiger partial charge in [-0.15, -0.1) is 0 Å². The topological polar surface area (TPSA) is 40.1 Å². The molecule has 0 spiro atoms. The van der Waals surface area contributed by atoms with Gasteiger partial charge in [0.05, 0.1) is 18.5 Å². The summed E-state index contributed by atoms with van der Waals surface area (Å²) < 4.78 is 0. The molecule has 3 heteroatoms. The molecule has 170 valence electrons. The van der Waals surface area contributed by atoms with Gasteiger partial charge in [-0.3, -0.25) is 0 Å². The van der Waals surface area contributed by atoms with Crippen molar-refractivity contribution >= 4 is 13.9 Å². The van der Waals surface area contributed by atoms with E-state index in [2.05, 4.69) is 20.8 Å². The van der Waals surface area contributed by atoms with Crippen molar-refractivity contribution in [1.29, 1.82) is 0 Å². The molecule has 0 N–H and O–H groups in total. The first-order valence-corrected chi connectivity index (χ1v) is 14.8. The highest BCUT2D eigenvalue weighted by molar-refractivity contribution is 7.57. The molecule has 0 bridgehead atoms. The van der Waals surface area contributed by atoms with Gasteiger partial charge in [0, 0.05) is 13.9 Å². The standard InChI is InChI=1S/C22H47P.C3H6O2/c1-4-7-8-9-10-11-12-13-14-15-16-17-18-19-20-21-22-23(5-2)6-3;1-2-3(4)5/h4-22H2,1-3H3;2H2,1H3,(H,4,5). The number of hydrogen-bond donors (Lipinski definition) is 0. The molecule has 0 fully saturated rings. The number of aliphatic carboxylic acids is 1. The van der Waals surface area contributed by atoms with Crippen molar-refractivity contribution in [2.45, 2.75) is 137 Å². The van der Waals surface area contributed by atoms with Crippen molar-refractivity contribution in [2.75, 3.05) is 18.5 Å². The maximum Gasteiger partial charge on any atom is 0.0571 e. The number of carboxylic acids is 1. The fourth-order valence-electron chi connectivity index (χ4n) is 3.53. The van der Waals surface area contributed by atoms with E-state index < -0.39 is 5.97 Å². The Hall–Kier alpha value is -0.100. The molecule has 0 radical (unpaired) electrons. The van der Waals surface area contributed by atoms with Crippen LogP contribution in [0.2, 0.25) is 0 Å². The summed E-state index contributed by atoms with van der Waals surface area (Å²) in [5.41, 5.74) is 0. The Kier molecular flexibility index (Phi) is 28.9. The van der Waals surface area contributed by atoms with Gasteiger partial charge in [-0.1, -0.05) is 104 Å². The number of hydrogen-bond acceptors (Lipinski definition) is 2. The quantitative estimate of drug-likeness (QED) is 0.151. The highest BCUT2D eigenvalue weighted by atomic mass is 31.1. The van der Waals surface area contributed by atoms with Crippen molar-refractivity contribution in [3.8, 4) is 0 Å². The second kappa shape index (κ2) is 26.9. The van der Waals surface area contributed by atoms with E-state index in [0.717, 1.165) is 0 Å². The first-order chi connectivity index (χ1) is 13.6. The van der Waals surface area contributed by atoms with E-state index in [4.69, 9.17) is 0 Å². The van der Waals surface area contributed by atoms with Gasteiger partial charge in [0.1, 0.15) is 0 Å². The van der Waals surface area contributed by atoms with Gasteiger partial charge in [-0.25, -0.2) is 0 Å². The third-order valence-electron chi connectivity index (χ3n) is 5.67. The highest BCUT2D eigenvalue weighted by Gasteiger charge is 2.08. The Bertz CT molecular complexity index is 290. The zero-order valence-electron chi connectivity index (χ0n) is 20.0. The second-order valence-electron chi connectivity index (χ2n) is 8.24. The van der Waals surface area contributed by atoms with E-state index >= 15 is 0 Å². The molecule has 2 nitrogen and oxygen atoms in total. The van der Waals surface area contributed by atoms with Gasteiger partial charge in [0.25, 0.3) is 0 Å². The zero-order chi connectivity index (χ0) is 21.3. The molecule has 0 aromatic heterocycles. The lowest BCUT2D eigenvalue weighted by Gasteiger charge is -2.06. The zero-order valence-corrected chi connectivity index (χ0v) is 21.0. The van der Waals surface area contributed by atoms with Gasteiger partial charge in [0.2, 0.25) is 0 Å². The van der Waals surface area contributed by atoms with Gasteiger partial charge < -0.3 is 9.90 Å². The summed E-state index contributed by atoms with van der Waals surface area (Å²) in [4.78, 5) is 9.26. The van der Waals surface area contributed by atoms with Crippen LogP contribution >= 0.6 is 7.92 Å². The van der Waals surface area contributed by atoms with Crippen molar-refractivity contribution in [3.63, 3.8) is 0 Å². The molecule has 0 saturated carbocycles. The lowest BCUT2D eigenvalue weighted by molar-refractivity contribution is -0.305. The van der Waals surface area contributed by atoms with Gasteiger partial charge in [-0.05, 0) is 33.1 Å². The van der Waals surface area contributed by atoms with Crippen LogP contribution in [0.4, 0.5) is 0 Å². The summed E-state index contributed by atoms with van der Waals surface area (Å²) in [6, 6.07) is 0. The van der Waals surface area contributed by atoms with Crippen LogP contribution in [-0.4, -0.2) is 24.5 Å². The van der Waals surface area contributed by atoms with Gasteiger partial charge in [0.15, 0.2) is 0 Å². The van der Waals surface area contributed by atoms with Crippen LogP contribution in [0.3, 0.4) is 0 Å². The normalized spacial score (nSPS) is 10.8. The number of unbranched alkanes of at least 4 members (excludes halogenated alkanes) is 15. The maximum atomic E-state index is 9.26. The molecule has 0 unspecified atom stereocenters. The Morgan fingerprint density at radius 3 is 1.11 bits per heavy atom. The summed E-state index contributed by atoms with van der Waals surface area (Å²) in [5.74, 6) is -0.995. The van der Waals surface area contributed by atoms with E-state index in [-0.39, 0.29) is 14.3 Å².